The molecule has 6 nitrogen and oxygen atoms in total. The molecule has 0 radical (unpaired) electrons. The standard InChI is InChI=1S/C24H27N3O3/c1-16-6-5-7-20(17(16)2)27-23(28)21(18-8-10-19(30-4)11-9-18)22(24(27)29)26-14-12-25(3)13-15-26/h5-11H,12-15H2,1-4H3. The summed E-state index contributed by atoms with van der Waals surface area (Å²) in [5.74, 6) is 0.195. The first-order valence-corrected chi connectivity index (χ1v) is 10.2. The lowest BCUT2D eigenvalue weighted by atomic mass is 10.0. The van der Waals surface area contributed by atoms with Crippen LogP contribution in [0.1, 0.15) is 16.7 Å². The van der Waals surface area contributed by atoms with E-state index >= 15 is 0 Å². The lowest BCUT2D eigenvalue weighted by Crippen LogP contribution is -2.46. The van der Waals surface area contributed by atoms with Crippen LogP contribution in [0.3, 0.4) is 0 Å². The van der Waals surface area contributed by atoms with E-state index in [1.54, 1.807) is 7.11 Å². The average molecular weight is 405 g/mol. The Balaban J connectivity index is 1.82. The Labute approximate surface area is 177 Å². The highest BCUT2D eigenvalue weighted by Gasteiger charge is 2.43. The fraction of sp³-hybridized carbons (Fsp3) is 0.333. The molecule has 2 aliphatic rings. The van der Waals surface area contributed by atoms with E-state index in [0.29, 0.717) is 35.8 Å². The fourth-order valence-electron chi connectivity index (χ4n) is 4.06. The molecular weight excluding hydrogens is 378 g/mol. The number of carbonyl (C=O) groups excluding carboxylic acids is 2. The molecule has 0 aromatic heterocycles. The van der Waals surface area contributed by atoms with Crippen LogP contribution in [0, 0.1) is 13.8 Å². The van der Waals surface area contributed by atoms with Crippen LogP contribution in [0.25, 0.3) is 5.57 Å². The summed E-state index contributed by atoms with van der Waals surface area (Å²) in [4.78, 5) is 32.9. The van der Waals surface area contributed by atoms with Gasteiger partial charge in [0, 0.05) is 26.2 Å². The maximum Gasteiger partial charge on any atom is 0.282 e. The van der Waals surface area contributed by atoms with Crippen molar-refractivity contribution in [2.24, 2.45) is 0 Å². The van der Waals surface area contributed by atoms with Crippen molar-refractivity contribution in [1.82, 2.24) is 9.80 Å². The van der Waals surface area contributed by atoms with Gasteiger partial charge in [-0.25, -0.2) is 4.90 Å². The topological polar surface area (TPSA) is 53.1 Å². The number of piperazine rings is 1. The maximum atomic E-state index is 13.6. The minimum absolute atomic E-state index is 0.246. The van der Waals surface area contributed by atoms with Gasteiger partial charge in [-0.2, -0.15) is 0 Å². The monoisotopic (exact) mass is 405 g/mol. The SMILES string of the molecule is COc1ccc(C2=C(N3CCN(C)CC3)C(=O)N(c3cccc(C)c3C)C2=O)cc1. The number of benzene rings is 2. The summed E-state index contributed by atoms with van der Waals surface area (Å²) in [5.41, 5.74) is 4.34. The van der Waals surface area contributed by atoms with Crippen molar-refractivity contribution in [3.8, 4) is 5.75 Å². The third kappa shape index (κ3) is 3.37. The maximum absolute atomic E-state index is 13.6. The molecule has 2 aromatic rings. The van der Waals surface area contributed by atoms with Gasteiger partial charge in [-0.3, -0.25) is 9.59 Å². The van der Waals surface area contributed by atoms with Gasteiger partial charge in [0.2, 0.25) is 0 Å². The molecule has 2 aromatic carbocycles. The Morgan fingerprint density at radius 2 is 1.53 bits per heavy atom. The summed E-state index contributed by atoms with van der Waals surface area (Å²) >= 11 is 0. The van der Waals surface area contributed by atoms with E-state index in [4.69, 9.17) is 4.74 Å². The minimum Gasteiger partial charge on any atom is -0.497 e. The molecule has 30 heavy (non-hydrogen) atoms. The summed E-state index contributed by atoms with van der Waals surface area (Å²) in [6.45, 7) is 7.07. The van der Waals surface area contributed by atoms with Gasteiger partial charge in [0.15, 0.2) is 0 Å². The summed E-state index contributed by atoms with van der Waals surface area (Å²) in [5, 5.41) is 0. The Morgan fingerprint density at radius 3 is 2.17 bits per heavy atom. The number of methoxy groups -OCH3 is 1. The summed E-state index contributed by atoms with van der Waals surface area (Å²) in [7, 11) is 3.68. The highest BCUT2D eigenvalue weighted by atomic mass is 16.5. The first kappa shape index (κ1) is 20.2. The number of ether oxygens (including phenoxy) is 1. The zero-order valence-electron chi connectivity index (χ0n) is 17.9. The molecule has 156 valence electrons. The van der Waals surface area contributed by atoms with Crippen LogP contribution >= 0.6 is 0 Å². The van der Waals surface area contributed by atoms with Crippen LogP contribution in [0.4, 0.5) is 5.69 Å². The molecule has 0 N–H and O–H groups in total. The van der Waals surface area contributed by atoms with Crippen molar-refractivity contribution in [3.05, 3.63) is 64.9 Å². The molecule has 4 rings (SSSR count). The van der Waals surface area contributed by atoms with Crippen LogP contribution in [0.2, 0.25) is 0 Å². The lowest BCUT2D eigenvalue weighted by Gasteiger charge is -2.34. The molecule has 1 saturated heterocycles. The number of carbonyl (C=O) groups is 2. The molecule has 0 saturated carbocycles. The van der Waals surface area contributed by atoms with Crippen molar-refractivity contribution in [2.45, 2.75) is 13.8 Å². The molecule has 0 spiro atoms. The van der Waals surface area contributed by atoms with Gasteiger partial charge in [0.25, 0.3) is 11.8 Å². The van der Waals surface area contributed by atoms with Crippen molar-refractivity contribution < 1.29 is 14.3 Å². The fourth-order valence-corrected chi connectivity index (χ4v) is 4.06. The number of anilines is 1. The normalized spacial score (nSPS) is 17.9. The molecule has 6 heteroatoms. The molecule has 0 bridgehead atoms. The van der Waals surface area contributed by atoms with Crippen LogP contribution in [0.15, 0.2) is 48.2 Å². The van der Waals surface area contributed by atoms with E-state index in [1.807, 2.05) is 56.3 Å². The minimum atomic E-state index is -0.271. The van der Waals surface area contributed by atoms with Gasteiger partial charge < -0.3 is 14.5 Å². The Bertz CT molecular complexity index is 1020. The molecule has 1 fully saturated rings. The second-order valence-electron chi connectivity index (χ2n) is 7.91. The van der Waals surface area contributed by atoms with Gasteiger partial charge in [-0.15, -0.1) is 0 Å². The summed E-state index contributed by atoms with van der Waals surface area (Å²) in [6, 6.07) is 13.1. The highest BCUT2D eigenvalue weighted by Crippen LogP contribution is 2.37. The average Bonchev–Trinajstić information content (AvgIpc) is 3.01. The van der Waals surface area contributed by atoms with Crippen molar-refractivity contribution in [2.75, 3.05) is 45.2 Å². The zero-order chi connectivity index (χ0) is 21.4. The predicted molar refractivity (Wildman–Crippen MR) is 117 cm³/mol. The quantitative estimate of drug-likeness (QED) is 0.733. The van der Waals surface area contributed by atoms with Crippen LogP contribution in [-0.4, -0.2) is 62.0 Å². The van der Waals surface area contributed by atoms with E-state index < -0.39 is 0 Å². The molecule has 0 aliphatic carbocycles. The Kier molecular flexibility index (Phi) is 5.35. The van der Waals surface area contributed by atoms with E-state index in [9.17, 15) is 9.59 Å². The third-order valence-corrected chi connectivity index (χ3v) is 6.07. The molecule has 2 amide bonds. The molecular formula is C24H27N3O3. The highest BCUT2D eigenvalue weighted by molar-refractivity contribution is 6.45. The number of rotatable bonds is 4. The van der Waals surface area contributed by atoms with E-state index in [2.05, 4.69) is 16.8 Å². The largest absolute Gasteiger partial charge is 0.497 e. The molecule has 2 aliphatic heterocycles. The van der Waals surface area contributed by atoms with Gasteiger partial charge >= 0.3 is 0 Å². The van der Waals surface area contributed by atoms with Crippen molar-refractivity contribution >= 4 is 23.1 Å². The number of hydrogen-bond donors (Lipinski definition) is 0. The lowest BCUT2D eigenvalue weighted by molar-refractivity contribution is -0.120. The second kappa shape index (κ2) is 7.95. The van der Waals surface area contributed by atoms with E-state index in [1.165, 1.54) is 4.90 Å². The number of aryl methyl sites for hydroxylation is 1. The van der Waals surface area contributed by atoms with Crippen LogP contribution in [0.5, 0.6) is 5.75 Å². The zero-order valence-corrected chi connectivity index (χ0v) is 17.9. The van der Waals surface area contributed by atoms with Crippen molar-refractivity contribution in [1.29, 1.82) is 0 Å². The summed E-state index contributed by atoms with van der Waals surface area (Å²) in [6.07, 6.45) is 0. The number of nitrogens with zero attached hydrogens (tertiary/aromatic N) is 3. The van der Waals surface area contributed by atoms with Gasteiger partial charge in [0.1, 0.15) is 11.4 Å². The number of amides is 2. The van der Waals surface area contributed by atoms with Gasteiger partial charge in [-0.1, -0.05) is 24.3 Å². The Morgan fingerprint density at radius 1 is 0.867 bits per heavy atom. The smallest absolute Gasteiger partial charge is 0.282 e. The van der Waals surface area contributed by atoms with E-state index in [0.717, 1.165) is 29.8 Å². The van der Waals surface area contributed by atoms with Crippen LogP contribution < -0.4 is 9.64 Å². The number of hydrogen-bond acceptors (Lipinski definition) is 5. The second-order valence-corrected chi connectivity index (χ2v) is 7.91. The molecule has 0 unspecified atom stereocenters. The van der Waals surface area contributed by atoms with Crippen LogP contribution in [-0.2, 0) is 9.59 Å². The Hall–Kier alpha value is -3.12. The third-order valence-electron chi connectivity index (χ3n) is 6.07. The molecule has 2 heterocycles. The first-order valence-electron chi connectivity index (χ1n) is 10.2. The van der Waals surface area contributed by atoms with Gasteiger partial charge in [-0.05, 0) is 55.8 Å². The first-order chi connectivity index (χ1) is 14.4. The molecule has 0 atom stereocenters. The summed E-state index contributed by atoms with van der Waals surface area (Å²) < 4.78 is 5.26. The van der Waals surface area contributed by atoms with E-state index in [-0.39, 0.29) is 11.8 Å². The predicted octanol–water partition coefficient (Wildman–Crippen LogP) is 2.84. The number of likely N-dealkylation sites (N-methyl/N-ethyl adjacent to an activating group) is 1. The van der Waals surface area contributed by atoms with Crippen molar-refractivity contribution in [3.63, 3.8) is 0 Å². The number of imide groups is 1. The van der Waals surface area contributed by atoms with Gasteiger partial charge in [0.05, 0.1) is 18.4 Å².